The number of nitrogens with one attached hydrogen (secondary N) is 1. The van der Waals surface area contributed by atoms with E-state index in [0.29, 0.717) is 24.2 Å². The van der Waals surface area contributed by atoms with Crippen molar-refractivity contribution in [2.75, 3.05) is 27.2 Å². The van der Waals surface area contributed by atoms with Crippen molar-refractivity contribution in [3.05, 3.63) is 105 Å². The molecule has 0 spiro atoms. The normalized spacial score (nSPS) is 12.1. The Morgan fingerprint density at radius 1 is 0.978 bits per heavy atom. The van der Waals surface area contributed by atoms with Crippen LogP contribution in [-0.2, 0) is 11.3 Å². The molecule has 2 heterocycles. The van der Waals surface area contributed by atoms with Crippen LogP contribution >= 0.6 is 0 Å². The lowest BCUT2D eigenvalue weighted by Gasteiger charge is -2.32. The summed E-state index contributed by atoms with van der Waals surface area (Å²) in [5.41, 5.74) is 1.82. The van der Waals surface area contributed by atoms with Crippen LogP contribution in [0.3, 0.4) is 0 Å². The van der Waals surface area contributed by atoms with Crippen molar-refractivity contribution < 1.29 is 19.1 Å². The van der Waals surface area contributed by atoms with E-state index >= 15 is 0 Å². The van der Waals surface area contributed by atoms with Gasteiger partial charge in [-0.2, -0.15) is 5.10 Å². The maximum absolute atomic E-state index is 14.3. The standard InChI is InChI=1S/C35H44N6O5/c1-8-28(39(31(42)26-17-15-24(2)16-18-26)21-12-20-36-34(45)46-35(3,4)5)30-37-41-22-19-27(32(43)38(6)7)29(41)33(44)40(30)23-25-13-10-9-11-14-25/h9-11,13-19,22,28H,8,12,20-21,23H2,1-7H3,(H,36,45). The van der Waals surface area contributed by atoms with Crippen LogP contribution in [0, 0.1) is 6.92 Å². The number of fused-ring (bicyclic) bond motifs is 1. The van der Waals surface area contributed by atoms with Crippen molar-refractivity contribution in [2.45, 2.75) is 65.6 Å². The molecular formula is C35H44N6O5. The van der Waals surface area contributed by atoms with Crippen molar-refractivity contribution in [3.63, 3.8) is 0 Å². The molecule has 11 nitrogen and oxygen atoms in total. The second-order valence-corrected chi connectivity index (χ2v) is 12.5. The maximum atomic E-state index is 14.3. The van der Waals surface area contributed by atoms with Gasteiger partial charge in [-0.15, -0.1) is 0 Å². The second kappa shape index (κ2) is 14.4. The molecule has 1 unspecified atom stereocenters. The summed E-state index contributed by atoms with van der Waals surface area (Å²) in [5, 5.41) is 7.67. The number of aryl methyl sites for hydroxylation is 1. The van der Waals surface area contributed by atoms with Gasteiger partial charge in [-0.3, -0.25) is 19.0 Å². The molecule has 1 atom stereocenters. The molecule has 0 bridgehead atoms. The molecule has 0 saturated carbocycles. The average molecular weight is 629 g/mol. The Kier molecular flexibility index (Phi) is 10.7. The van der Waals surface area contributed by atoms with Crippen LogP contribution in [0.25, 0.3) is 5.52 Å². The van der Waals surface area contributed by atoms with E-state index in [0.717, 1.165) is 11.1 Å². The summed E-state index contributed by atoms with van der Waals surface area (Å²) in [4.78, 5) is 56.9. The number of carbonyl (C=O) groups is 3. The summed E-state index contributed by atoms with van der Waals surface area (Å²) in [5.74, 6) is -0.134. The van der Waals surface area contributed by atoms with Gasteiger partial charge in [0.05, 0.1) is 18.2 Å². The summed E-state index contributed by atoms with van der Waals surface area (Å²) in [6.07, 6.45) is 1.96. The number of alkyl carbamates (subject to hydrolysis) is 1. The molecule has 2 aromatic heterocycles. The molecule has 11 heteroatoms. The van der Waals surface area contributed by atoms with Gasteiger partial charge in [-0.25, -0.2) is 9.31 Å². The van der Waals surface area contributed by atoms with Crippen molar-refractivity contribution >= 4 is 23.4 Å². The molecule has 4 aromatic rings. The Hall–Kier alpha value is -4.93. The minimum atomic E-state index is -0.632. The van der Waals surface area contributed by atoms with E-state index in [1.807, 2.05) is 56.3 Å². The first-order chi connectivity index (χ1) is 21.8. The molecule has 3 amide bonds. The highest BCUT2D eigenvalue weighted by Gasteiger charge is 2.31. The number of aromatic nitrogens is 3. The largest absolute Gasteiger partial charge is 0.444 e. The van der Waals surface area contributed by atoms with Crippen LogP contribution in [0.2, 0.25) is 0 Å². The number of hydrogen-bond donors (Lipinski definition) is 1. The van der Waals surface area contributed by atoms with Gasteiger partial charge >= 0.3 is 6.09 Å². The number of ether oxygens (including phenoxy) is 1. The third kappa shape index (κ3) is 8.01. The Morgan fingerprint density at radius 3 is 2.26 bits per heavy atom. The van der Waals surface area contributed by atoms with E-state index in [2.05, 4.69) is 5.32 Å². The smallest absolute Gasteiger partial charge is 0.407 e. The zero-order valence-electron chi connectivity index (χ0n) is 27.7. The fraction of sp³-hybridized carbons (Fsp3) is 0.400. The first-order valence-corrected chi connectivity index (χ1v) is 15.5. The summed E-state index contributed by atoms with van der Waals surface area (Å²) >= 11 is 0. The fourth-order valence-electron chi connectivity index (χ4n) is 5.25. The van der Waals surface area contributed by atoms with Crippen LogP contribution in [-0.4, -0.2) is 74.7 Å². The molecule has 0 saturated heterocycles. The Balaban J connectivity index is 1.80. The lowest BCUT2D eigenvalue weighted by atomic mass is 10.1. The first kappa shape index (κ1) is 34.0. The van der Waals surface area contributed by atoms with E-state index < -0.39 is 17.7 Å². The molecule has 244 valence electrons. The Bertz CT molecular complexity index is 1740. The number of rotatable bonds is 11. The lowest BCUT2D eigenvalue weighted by Crippen LogP contribution is -2.41. The monoisotopic (exact) mass is 628 g/mol. The summed E-state index contributed by atoms with van der Waals surface area (Å²) in [7, 11) is 3.27. The molecule has 0 aliphatic rings. The Morgan fingerprint density at radius 2 is 1.65 bits per heavy atom. The minimum Gasteiger partial charge on any atom is -0.444 e. The highest BCUT2D eigenvalue weighted by atomic mass is 16.6. The second-order valence-electron chi connectivity index (χ2n) is 12.5. The highest BCUT2D eigenvalue weighted by molar-refractivity contribution is 6.00. The van der Waals surface area contributed by atoms with Crippen molar-refractivity contribution in [2.24, 2.45) is 0 Å². The topological polar surface area (TPSA) is 118 Å². The van der Waals surface area contributed by atoms with Crippen molar-refractivity contribution in [1.82, 2.24) is 29.3 Å². The van der Waals surface area contributed by atoms with Crippen LogP contribution < -0.4 is 10.9 Å². The van der Waals surface area contributed by atoms with E-state index in [9.17, 15) is 19.2 Å². The molecule has 0 fully saturated rings. The van der Waals surface area contributed by atoms with Crippen molar-refractivity contribution in [1.29, 1.82) is 0 Å². The molecule has 4 rings (SSSR count). The number of amides is 3. The van der Waals surface area contributed by atoms with Crippen LogP contribution in [0.1, 0.15) is 84.2 Å². The number of nitrogens with zero attached hydrogens (tertiary/aromatic N) is 5. The van der Waals surface area contributed by atoms with E-state index in [1.54, 1.807) is 68.7 Å². The third-order valence-electron chi connectivity index (χ3n) is 7.49. The van der Waals surface area contributed by atoms with Crippen molar-refractivity contribution in [3.8, 4) is 0 Å². The average Bonchev–Trinajstić information content (AvgIpc) is 3.43. The first-order valence-electron chi connectivity index (χ1n) is 15.5. The fourth-order valence-corrected chi connectivity index (χ4v) is 5.25. The SMILES string of the molecule is CCC(c1nn2ccc(C(=O)N(C)C)c2c(=O)n1Cc1ccccc1)N(CCCNC(=O)OC(C)(C)C)C(=O)c1ccc(C)cc1. The molecule has 0 aliphatic carbocycles. The zero-order valence-corrected chi connectivity index (χ0v) is 27.7. The van der Waals surface area contributed by atoms with Gasteiger partial charge in [0.2, 0.25) is 0 Å². The summed E-state index contributed by atoms with van der Waals surface area (Å²) in [6, 6.07) is 17.9. The zero-order chi connectivity index (χ0) is 33.6. The number of hydrogen-bond acceptors (Lipinski definition) is 6. The summed E-state index contributed by atoms with van der Waals surface area (Å²) < 4.78 is 8.37. The molecule has 2 aromatic carbocycles. The maximum Gasteiger partial charge on any atom is 0.407 e. The van der Waals surface area contributed by atoms with Crippen LogP contribution in [0.15, 0.2) is 71.7 Å². The van der Waals surface area contributed by atoms with Gasteiger partial charge in [-0.05, 0) is 64.3 Å². The molecule has 46 heavy (non-hydrogen) atoms. The molecule has 0 radical (unpaired) electrons. The molecule has 1 N–H and O–H groups in total. The number of benzene rings is 2. The molecular weight excluding hydrogens is 584 g/mol. The summed E-state index contributed by atoms with van der Waals surface area (Å²) in [6.45, 7) is 10.0. The van der Waals surface area contributed by atoms with E-state index in [-0.39, 0.29) is 48.1 Å². The van der Waals surface area contributed by atoms with Gasteiger partial charge in [0.25, 0.3) is 17.4 Å². The van der Waals surface area contributed by atoms with Gasteiger partial charge in [0, 0.05) is 38.9 Å². The van der Waals surface area contributed by atoms with E-state index in [1.165, 1.54) is 9.42 Å². The van der Waals surface area contributed by atoms with Crippen LogP contribution in [0.5, 0.6) is 0 Å². The predicted octanol–water partition coefficient (Wildman–Crippen LogP) is 5.06. The third-order valence-corrected chi connectivity index (χ3v) is 7.49. The lowest BCUT2D eigenvalue weighted by molar-refractivity contribution is 0.0523. The highest BCUT2D eigenvalue weighted by Crippen LogP contribution is 2.26. The number of carbonyl (C=O) groups excluding carboxylic acids is 3. The quantitative estimate of drug-likeness (QED) is 0.232. The van der Waals surface area contributed by atoms with Gasteiger partial charge in [-0.1, -0.05) is 55.0 Å². The van der Waals surface area contributed by atoms with Gasteiger partial charge in [0.1, 0.15) is 11.1 Å². The van der Waals surface area contributed by atoms with Crippen LogP contribution in [0.4, 0.5) is 4.79 Å². The van der Waals surface area contributed by atoms with E-state index in [4.69, 9.17) is 9.84 Å². The minimum absolute atomic E-state index is 0.172. The Labute approximate surface area is 269 Å². The predicted molar refractivity (Wildman–Crippen MR) is 177 cm³/mol. The van der Waals surface area contributed by atoms with Gasteiger partial charge in [0.15, 0.2) is 5.82 Å². The van der Waals surface area contributed by atoms with Gasteiger partial charge < -0.3 is 19.9 Å². The molecule has 0 aliphatic heterocycles.